The first-order valence-corrected chi connectivity index (χ1v) is 12.5. The van der Waals surface area contributed by atoms with Crippen LogP contribution in [0.2, 0.25) is 0 Å². The zero-order valence-corrected chi connectivity index (χ0v) is 19.8. The maximum atomic E-state index is 12.5. The number of unbranched alkanes of at least 4 members (excludes halogenated alkanes) is 2. The highest BCUT2D eigenvalue weighted by molar-refractivity contribution is 7.89. The Kier molecular flexibility index (Phi) is 8.15. The van der Waals surface area contributed by atoms with E-state index in [1.807, 2.05) is 12.1 Å². The van der Waals surface area contributed by atoms with Crippen molar-refractivity contribution in [3.8, 4) is 11.5 Å². The summed E-state index contributed by atoms with van der Waals surface area (Å²) in [5.41, 5.74) is 2.10. The molecule has 1 aliphatic rings. The molecule has 32 heavy (non-hydrogen) atoms. The predicted molar refractivity (Wildman–Crippen MR) is 125 cm³/mol. The van der Waals surface area contributed by atoms with E-state index in [0.29, 0.717) is 56.4 Å². The third kappa shape index (κ3) is 6.23. The lowest BCUT2D eigenvalue weighted by Crippen LogP contribution is -2.26. The molecule has 0 aromatic heterocycles. The molecule has 0 radical (unpaired) electrons. The van der Waals surface area contributed by atoms with E-state index in [1.165, 1.54) is 17.7 Å². The smallest absolute Gasteiger partial charge is 0.240 e. The Bertz CT molecular complexity index is 1040. The summed E-state index contributed by atoms with van der Waals surface area (Å²) in [6.45, 7) is 5.43. The molecule has 0 bridgehead atoms. The van der Waals surface area contributed by atoms with Crippen LogP contribution in [-0.4, -0.2) is 41.1 Å². The first-order valence-electron chi connectivity index (χ1n) is 11.0. The average Bonchev–Trinajstić information content (AvgIpc) is 2.80. The Morgan fingerprint density at radius 1 is 1.03 bits per heavy atom. The topological polar surface area (TPSA) is 84.9 Å². The molecule has 0 saturated carbocycles. The predicted octanol–water partition coefficient (Wildman–Crippen LogP) is 4.08. The molecule has 174 valence electrons. The summed E-state index contributed by atoms with van der Waals surface area (Å²) in [4.78, 5) is 14.4. The average molecular weight is 461 g/mol. The number of benzene rings is 2. The second-order valence-corrected chi connectivity index (χ2v) is 9.98. The number of anilines is 1. The van der Waals surface area contributed by atoms with Crippen molar-refractivity contribution in [2.45, 2.75) is 50.3 Å². The molecule has 7 nitrogen and oxygen atoms in total. The lowest BCUT2D eigenvalue weighted by Gasteiger charge is -2.19. The van der Waals surface area contributed by atoms with Crippen molar-refractivity contribution >= 4 is 21.6 Å². The van der Waals surface area contributed by atoms with Gasteiger partial charge in [0.05, 0.1) is 4.90 Å². The highest BCUT2D eigenvalue weighted by atomic mass is 32.2. The lowest BCUT2D eigenvalue weighted by atomic mass is 10.0. The van der Waals surface area contributed by atoms with Crippen molar-refractivity contribution in [3.63, 3.8) is 0 Å². The van der Waals surface area contributed by atoms with Crippen LogP contribution in [0.15, 0.2) is 47.4 Å². The van der Waals surface area contributed by atoms with Gasteiger partial charge in [-0.25, -0.2) is 13.1 Å². The Morgan fingerprint density at radius 3 is 2.53 bits per heavy atom. The van der Waals surface area contributed by atoms with Gasteiger partial charge in [-0.1, -0.05) is 32.4 Å². The van der Waals surface area contributed by atoms with Gasteiger partial charge in [0.25, 0.3) is 0 Å². The second kappa shape index (κ2) is 10.8. The molecule has 0 fully saturated rings. The van der Waals surface area contributed by atoms with Crippen LogP contribution in [0.1, 0.15) is 51.0 Å². The summed E-state index contributed by atoms with van der Waals surface area (Å²) in [6.07, 6.45) is 2.55. The lowest BCUT2D eigenvalue weighted by molar-refractivity contribution is -0.118. The Hall–Kier alpha value is -2.58. The second-order valence-electron chi connectivity index (χ2n) is 8.22. The fourth-order valence-electron chi connectivity index (χ4n) is 3.46. The fraction of sp³-hybridized carbons (Fsp3) is 0.458. The van der Waals surface area contributed by atoms with Crippen molar-refractivity contribution in [1.29, 1.82) is 0 Å². The maximum Gasteiger partial charge on any atom is 0.240 e. The standard InChI is InChI=1S/C24H32N2O5S/c1-18(2)19-8-7-9-20(16-19)26(3)24(27)10-5-4-6-13-25-32(28,29)21-11-12-22-23(17-21)31-15-14-30-22/h7-9,11-12,16-18,25H,4-6,10,13-15H2,1-3H3. The van der Waals surface area contributed by atoms with Crippen molar-refractivity contribution < 1.29 is 22.7 Å². The largest absolute Gasteiger partial charge is 0.486 e. The third-order valence-electron chi connectivity index (χ3n) is 5.48. The summed E-state index contributed by atoms with van der Waals surface area (Å²) in [7, 11) is -1.82. The molecular formula is C24H32N2O5S. The van der Waals surface area contributed by atoms with Crippen LogP contribution in [0, 0.1) is 0 Å². The van der Waals surface area contributed by atoms with Gasteiger partial charge in [-0.15, -0.1) is 0 Å². The van der Waals surface area contributed by atoms with Crippen molar-refractivity contribution in [2.24, 2.45) is 0 Å². The summed E-state index contributed by atoms with van der Waals surface area (Å²) < 4.78 is 38.5. The number of fused-ring (bicyclic) bond motifs is 1. The van der Waals surface area contributed by atoms with Gasteiger partial charge < -0.3 is 14.4 Å². The van der Waals surface area contributed by atoms with Crippen LogP contribution in [0.3, 0.4) is 0 Å². The first kappa shape index (κ1) is 24.1. The van der Waals surface area contributed by atoms with Gasteiger partial charge in [-0.2, -0.15) is 0 Å². The number of sulfonamides is 1. The number of hydrogen-bond donors (Lipinski definition) is 1. The molecule has 3 rings (SSSR count). The van der Waals surface area contributed by atoms with Gasteiger partial charge in [-0.05, 0) is 48.6 Å². The van der Waals surface area contributed by atoms with Crippen LogP contribution < -0.4 is 19.1 Å². The number of carbonyl (C=O) groups is 1. The normalized spacial score (nSPS) is 13.2. The van der Waals surface area contributed by atoms with E-state index < -0.39 is 10.0 Å². The molecule has 1 heterocycles. The molecule has 2 aromatic rings. The van der Waals surface area contributed by atoms with Crippen LogP contribution >= 0.6 is 0 Å². The van der Waals surface area contributed by atoms with E-state index in [-0.39, 0.29) is 10.8 Å². The van der Waals surface area contributed by atoms with Crippen molar-refractivity contribution in [3.05, 3.63) is 48.0 Å². The Balaban J connectivity index is 1.41. The zero-order chi connectivity index (χ0) is 23.1. The molecule has 0 saturated heterocycles. The van der Waals surface area contributed by atoms with E-state index in [9.17, 15) is 13.2 Å². The van der Waals surface area contributed by atoms with E-state index >= 15 is 0 Å². The number of nitrogens with zero attached hydrogens (tertiary/aromatic N) is 1. The highest BCUT2D eigenvalue weighted by Gasteiger charge is 2.19. The molecule has 1 aliphatic heterocycles. The van der Waals surface area contributed by atoms with E-state index in [4.69, 9.17) is 9.47 Å². The quantitative estimate of drug-likeness (QED) is 0.540. The molecule has 0 unspecified atom stereocenters. The van der Waals surface area contributed by atoms with Gasteiger partial charge >= 0.3 is 0 Å². The minimum Gasteiger partial charge on any atom is -0.486 e. The molecular weight excluding hydrogens is 428 g/mol. The number of carbonyl (C=O) groups excluding carboxylic acids is 1. The summed E-state index contributed by atoms with van der Waals surface area (Å²) in [5.74, 6) is 1.47. The molecule has 0 atom stereocenters. The molecule has 1 N–H and O–H groups in total. The maximum absolute atomic E-state index is 12.5. The van der Waals surface area contributed by atoms with Gasteiger partial charge in [-0.3, -0.25) is 4.79 Å². The van der Waals surface area contributed by atoms with Gasteiger partial charge in [0.1, 0.15) is 13.2 Å². The minimum atomic E-state index is -3.62. The number of ether oxygens (including phenoxy) is 2. The van der Waals surface area contributed by atoms with Crippen LogP contribution in [0.25, 0.3) is 0 Å². The number of nitrogens with one attached hydrogen (secondary N) is 1. The minimum absolute atomic E-state index is 0.0581. The van der Waals surface area contributed by atoms with Gasteiger partial charge in [0.15, 0.2) is 11.5 Å². The van der Waals surface area contributed by atoms with Gasteiger partial charge in [0, 0.05) is 31.8 Å². The molecule has 8 heteroatoms. The third-order valence-corrected chi connectivity index (χ3v) is 6.94. The van der Waals surface area contributed by atoms with E-state index in [2.05, 4.69) is 30.7 Å². The van der Waals surface area contributed by atoms with Crippen LogP contribution in [0.4, 0.5) is 5.69 Å². The summed E-state index contributed by atoms with van der Waals surface area (Å²) >= 11 is 0. The Morgan fingerprint density at radius 2 is 1.78 bits per heavy atom. The summed E-state index contributed by atoms with van der Waals surface area (Å²) in [6, 6.07) is 12.6. The highest BCUT2D eigenvalue weighted by Crippen LogP contribution is 2.32. The van der Waals surface area contributed by atoms with Crippen molar-refractivity contribution in [1.82, 2.24) is 4.72 Å². The SMILES string of the molecule is CC(C)c1cccc(N(C)C(=O)CCCCCNS(=O)(=O)c2ccc3c(c2)OCCO3)c1. The van der Waals surface area contributed by atoms with Crippen LogP contribution in [0.5, 0.6) is 11.5 Å². The number of rotatable bonds is 10. The molecule has 0 aliphatic carbocycles. The molecule has 2 aromatic carbocycles. The van der Waals surface area contributed by atoms with E-state index in [0.717, 1.165) is 12.1 Å². The number of amides is 1. The zero-order valence-electron chi connectivity index (χ0n) is 19.0. The molecule has 1 amide bonds. The van der Waals surface area contributed by atoms with Crippen molar-refractivity contribution in [2.75, 3.05) is 31.7 Å². The summed E-state index contributed by atoms with van der Waals surface area (Å²) in [5, 5.41) is 0. The fourth-order valence-corrected chi connectivity index (χ4v) is 4.55. The monoisotopic (exact) mass is 460 g/mol. The van der Waals surface area contributed by atoms with Crippen LogP contribution in [-0.2, 0) is 14.8 Å². The number of hydrogen-bond acceptors (Lipinski definition) is 5. The molecule has 0 spiro atoms. The van der Waals surface area contributed by atoms with E-state index in [1.54, 1.807) is 18.0 Å². The van der Waals surface area contributed by atoms with Gasteiger partial charge in [0.2, 0.25) is 15.9 Å². The Labute approximate surface area is 190 Å². The first-order chi connectivity index (χ1) is 15.3.